The maximum Gasteiger partial charge on any atom is 0.0645 e. The van der Waals surface area contributed by atoms with Crippen LogP contribution in [-0.2, 0) is 4.74 Å². The van der Waals surface area contributed by atoms with E-state index in [0.29, 0.717) is 6.04 Å². The first kappa shape index (κ1) is 13.3. The van der Waals surface area contributed by atoms with Crippen molar-refractivity contribution in [3.8, 4) is 0 Å². The zero-order valence-corrected chi connectivity index (χ0v) is 11.7. The van der Waals surface area contributed by atoms with Crippen molar-refractivity contribution in [3.63, 3.8) is 0 Å². The van der Waals surface area contributed by atoms with E-state index in [1.54, 1.807) is 0 Å². The first-order valence-electron chi connectivity index (χ1n) is 7.17. The Hall–Kier alpha value is -0.120. The van der Waals surface area contributed by atoms with Gasteiger partial charge in [-0.1, -0.05) is 6.42 Å². The van der Waals surface area contributed by atoms with E-state index in [4.69, 9.17) is 4.74 Å². The van der Waals surface area contributed by atoms with E-state index in [9.17, 15) is 0 Å². The molecule has 1 N–H and O–H groups in total. The highest BCUT2D eigenvalue weighted by atomic mass is 16.5. The summed E-state index contributed by atoms with van der Waals surface area (Å²) in [6.45, 7) is 11.0. The van der Waals surface area contributed by atoms with E-state index in [1.807, 2.05) is 0 Å². The van der Waals surface area contributed by atoms with Gasteiger partial charge in [-0.15, -0.1) is 0 Å². The summed E-state index contributed by atoms with van der Waals surface area (Å²) in [5.74, 6) is 0. The van der Waals surface area contributed by atoms with Gasteiger partial charge in [0.15, 0.2) is 0 Å². The Kier molecular flexibility index (Phi) is 4.45. The normalized spacial score (nSPS) is 32.3. The molecule has 0 amide bonds. The van der Waals surface area contributed by atoms with Crippen LogP contribution < -0.4 is 5.32 Å². The number of ether oxygens (including phenoxy) is 1. The monoisotopic (exact) mass is 240 g/mol. The van der Waals surface area contributed by atoms with E-state index in [0.717, 1.165) is 25.8 Å². The molecule has 2 atom stereocenters. The topological polar surface area (TPSA) is 24.5 Å². The number of nitrogens with zero attached hydrogens (tertiary/aromatic N) is 1. The summed E-state index contributed by atoms with van der Waals surface area (Å²) in [5.41, 5.74) is 0.201. The average molecular weight is 240 g/mol. The second-order valence-electron chi connectivity index (χ2n) is 6.29. The molecular weight excluding hydrogens is 212 g/mol. The summed E-state index contributed by atoms with van der Waals surface area (Å²) < 4.78 is 5.60. The summed E-state index contributed by atoms with van der Waals surface area (Å²) in [7, 11) is 0. The molecule has 3 nitrogen and oxygen atoms in total. The highest BCUT2D eigenvalue weighted by Crippen LogP contribution is 2.25. The minimum atomic E-state index is 0.201. The molecule has 3 heteroatoms. The number of piperidine rings is 1. The third kappa shape index (κ3) is 3.43. The van der Waals surface area contributed by atoms with Gasteiger partial charge in [-0.05, 0) is 46.6 Å². The lowest BCUT2D eigenvalue weighted by Crippen LogP contribution is -2.57. The quantitative estimate of drug-likeness (QED) is 0.817. The van der Waals surface area contributed by atoms with Crippen molar-refractivity contribution in [1.82, 2.24) is 10.2 Å². The van der Waals surface area contributed by atoms with Gasteiger partial charge in [-0.3, -0.25) is 4.90 Å². The molecule has 0 spiro atoms. The second-order valence-corrected chi connectivity index (χ2v) is 6.29. The molecule has 2 fully saturated rings. The van der Waals surface area contributed by atoms with Gasteiger partial charge in [0.05, 0.1) is 13.2 Å². The van der Waals surface area contributed by atoms with Crippen LogP contribution in [0.4, 0.5) is 0 Å². The van der Waals surface area contributed by atoms with Crippen LogP contribution in [0.2, 0.25) is 0 Å². The fourth-order valence-corrected chi connectivity index (χ4v) is 3.35. The molecule has 17 heavy (non-hydrogen) atoms. The van der Waals surface area contributed by atoms with Crippen LogP contribution >= 0.6 is 0 Å². The first-order chi connectivity index (χ1) is 8.09. The lowest BCUT2D eigenvalue weighted by Gasteiger charge is -2.46. The molecule has 100 valence electrons. The fourth-order valence-electron chi connectivity index (χ4n) is 3.35. The minimum Gasteiger partial charge on any atom is -0.378 e. The molecular formula is C14H28N2O. The molecule has 0 aromatic rings. The van der Waals surface area contributed by atoms with Crippen LogP contribution in [-0.4, -0.2) is 48.8 Å². The van der Waals surface area contributed by atoms with Crippen molar-refractivity contribution in [2.45, 2.75) is 64.1 Å². The van der Waals surface area contributed by atoms with E-state index in [2.05, 4.69) is 31.0 Å². The number of morpholine rings is 1. The van der Waals surface area contributed by atoms with Crippen molar-refractivity contribution in [2.75, 3.05) is 26.3 Å². The van der Waals surface area contributed by atoms with Crippen LogP contribution in [0.1, 0.15) is 46.5 Å². The van der Waals surface area contributed by atoms with Crippen molar-refractivity contribution in [2.24, 2.45) is 0 Å². The SMILES string of the molecule is CC(CC1CCCCN1)N1CCOCC1(C)C. The van der Waals surface area contributed by atoms with Crippen LogP contribution in [0.5, 0.6) is 0 Å². The van der Waals surface area contributed by atoms with E-state index >= 15 is 0 Å². The Balaban J connectivity index is 1.87. The molecule has 2 rings (SSSR count). The predicted octanol–water partition coefficient (Wildman–Crippen LogP) is 2.02. The molecule has 2 unspecified atom stereocenters. The van der Waals surface area contributed by atoms with Gasteiger partial charge in [0.25, 0.3) is 0 Å². The van der Waals surface area contributed by atoms with Gasteiger partial charge in [0, 0.05) is 24.2 Å². The summed E-state index contributed by atoms with van der Waals surface area (Å²) >= 11 is 0. The third-order valence-electron chi connectivity index (χ3n) is 4.28. The molecule has 0 radical (unpaired) electrons. The van der Waals surface area contributed by atoms with Crippen molar-refractivity contribution >= 4 is 0 Å². The molecule has 2 saturated heterocycles. The summed E-state index contributed by atoms with van der Waals surface area (Å²) in [6, 6.07) is 1.39. The molecule has 0 aromatic heterocycles. The van der Waals surface area contributed by atoms with Gasteiger partial charge >= 0.3 is 0 Å². The zero-order valence-electron chi connectivity index (χ0n) is 11.7. The van der Waals surface area contributed by atoms with Crippen LogP contribution in [0.3, 0.4) is 0 Å². The van der Waals surface area contributed by atoms with Gasteiger partial charge in [-0.2, -0.15) is 0 Å². The summed E-state index contributed by atoms with van der Waals surface area (Å²) in [5, 5.41) is 3.66. The standard InChI is InChI=1S/C14H28N2O/c1-12(10-13-6-4-5-7-15-13)16-8-9-17-11-14(16,2)3/h12-13,15H,4-11H2,1-3H3. The Bertz CT molecular complexity index is 236. The van der Waals surface area contributed by atoms with Crippen LogP contribution in [0.25, 0.3) is 0 Å². The van der Waals surface area contributed by atoms with Crippen molar-refractivity contribution in [3.05, 3.63) is 0 Å². The second kappa shape index (κ2) is 5.68. The summed E-state index contributed by atoms with van der Waals surface area (Å²) in [4.78, 5) is 2.63. The van der Waals surface area contributed by atoms with Gasteiger partial charge in [-0.25, -0.2) is 0 Å². The lowest BCUT2D eigenvalue weighted by molar-refractivity contribution is -0.0716. The fraction of sp³-hybridized carbons (Fsp3) is 1.00. The lowest BCUT2D eigenvalue weighted by atomic mass is 9.94. The Morgan fingerprint density at radius 1 is 1.41 bits per heavy atom. The smallest absolute Gasteiger partial charge is 0.0645 e. The van der Waals surface area contributed by atoms with Gasteiger partial charge < -0.3 is 10.1 Å². The maximum atomic E-state index is 5.60. The Morgan fingerprint density at radius 2 is 2.24 bits per heavy atom. The zero-order chi connectivity index (χ0) is 12.3. The Morgan fingerprint density at radius 3 is 2.88 bits per heavy atom. The highest BCUT2D eigenvalue weighted by Gasteiger charge is 2.34. The predicted molar refractivity (Wildman–Crippen MR) is 71.3 cm³/mol. The van der Waals surface area contributed by atoms with Gasteiger partial charge in [0.2, 0.25) is 0 Å². The van der Waals surface area contributed by atoms with Crippen molar-refractivity contribution in [1.29, 1.82) is 0 Å². The number of hydrogen-bond donors (Lipinski definition) is 1. The van der Waals surface area contributed by atoms with Crippen LogP contribution in [0, 0.1) is 0 Å². The molecule has 0 aromatic carbocycles. The molecule has 2 aliphatic heterocycles. The maximum absolute atomic E-state index is 5.60. The average Bonchev–Trinajstić information content (AvgIpc) is 2.29. The molecule has 0 saturated carbocycles. The number of rotatable bonds is 3. The first-order valence-corrected chi connectivity index (χ1v) is 7.17. The molecule has 0 bridgehead atoms. The van der Waals surface area contributed by atoms with Crippen molar-refractivity contribution < 1.29 is 4.74 Å². The minimum absolute atomic E-state index is 0.201. The van der Waals surface area contributed by atoms with E-state index in [1.165, 1.54) is 32.2 Å². The molecule has 2 heterocycles. The number of nitrogens with one attached hydrogen (secondary N) is 1. The van der Waals surface area contributed by atoms with E-state index < -0.39 is 0 Å². The highest BCUT2D eigenvalue weighted by molar-refractivity contribution is 4.89. The largest absolute Gasteiger partial charge is 0.378 e. The molecule has 2 aliphatic rings. The Labute approximate surface area is 106 Å². The van der Waals surface area contributed by atoms with Crippen LogP contribution in [0.15, 0.2) is 0 Å². The summed E-state index contributed by atoms with van der Waals surface area (Å²) in [6.07, 6.45) is 5.39. The molecule has 0 aliphatic carbocycles. The van der Waals surface area contributed by atoms with Gasteiger partial charge in [0.1, 0.15) is 0 Å². The third-order valence-corrected chi connectivity index (χ3v) is 4.28. The number of hydrogen-bond acceptors (Lipinski definition) is 3. The van der Waals surface area contributed by atoms with E-state index in [-0.39, 0.29) is 5.54 Å².